The van der Waals surface area contributed by atoms with Crippen molar-refractivity contribution < 1.29 is 13.2 Å². The number of rotatable bonds is 5. The van der Waals surface area contributed by atoms with Crippen molar-refractivity contribution in [3.8, 4) is 0 Å². The molecule has 3 aromatic rings. The summed E-state index contributed by atoms with van der Waals surface area (Å²) in [6.45, 7) is 4.57. The molecule has 4 rings (SSSR count). The van der Waals surface area contributed by atoms with Crippen molar-refractivity contribution in [2.45, 2.75) is 43.5 Å². The van der Waals surface area contributed by atoms with Crippen LogP contribution in [0.25, 0.3) is 11.0 Å². The van der Waals surface area contributed by atoms with Crippen molar-refractivity contribution in [3.05, 3.63) is 58.9 Å². The summed E-state index contributed by atoms with van der Waals surface area (Å²) in [4.78, 5) is 23.1. The molecule has 1 atom stereocenters. The molecule has 9 heteroatoms. The van der Waals surface area contributed by atoms with E-state index in [-0.39, 0.29) is 33.3 Å². The number of carbonyl (C=O) groups is 1. The molecule has 2 heterocycles. The normalized spacial score (nSPS) is 17.4. The molecule has 1 saturated heterocycles. The summed E-state index contributed by atoms with van der Waals surface area (Å²) in [5.74, 6) is 0.674. The van der Waals surface area contributed by atoms with Gasteiger partial charge in [-0.05, 0) is 57.0 Å². The molecule has 0 aliphatic carbocycles. The smallest absolute Gasteiger partial charge is 0.255 e. The number of fused-ring (bicyclic) bond motifs is 1. The molecule has 164 valence electrons. The molecule has 31 heavy (non-hydrogen) atoms. The largest absolute Gasteiger partial charge is 0.342 e. The fraction of sp³-hybridized carbons (Fsp3) is 0.364. The summed E-state index contributed by atoms with van der Waals surface area (Å²) in [7, 11) is -3.73. The number of halogens is 1. The van der Waals surface area contributed by atoms with Crippen molar-refractivity contribution in [2.75, 3.05) is 13.1 Å². The average molecular weight is 461 g/mol. The molecule has 0 saturated carbocycles. The number of sulfonamides is 1. The third kappa shape index (κ3) is 4.61. The molecule has 2 aromatic carbocycles. The Balaban J connectivity index is 1.58. The number of hydrogen-bond donors (Lipinski definition) is 2. The molecular weight excluding hydrogens is 436 g/mol. The lowest BCUT2D eigenvalue weighted by Crippen LogP contribution is -2.39. The van der Waals surface area contributed by atoms with Gasteiger partial charge in [-0.3, -0.25) is 4.79 Å². The first-order chi connectivity index (χ1) is 14.7. The van der Waals surface area contributed by atoms with Crippen LogP contribution in [0, 0.1) is 0 Å². The molecule has 0 bridgehead atoms. The van der Waals surface area contributed by atoms with Crippen LogP contribution < -0.4 is 4.72 Å². The second-order valence-corrected chi connectivity index (χ2v) is 10.3. The number of nitrogens with one attached hydrogen (secondary N) is 2. The van der Waals surface area contributed by atoms with E-state index in [2.05, 4.69) is 14.7 Å². The highest BCUT2D eigenvalue weighted by Crippen LogP contribution is 2.29. The van der Waals surface area contributed by atoms with Crippen molar-refractivity contribution in [1.82, 2.24) is 19.6 Å². The highest BCUT2D eigenvalue weighted by molar-refractivity contribution is 7.89. The molecule has 1 aliphatic rings. The second kappa shape index (κ2) is 8.61. The maximum absolute atomic E-state index is 13.3. The van der Waals surface area contributed by atoms with Crippen LogP contribution in [-0.2, 0) is 10.0 Å². The number of likely N-dealkylation sites (tertiary alicyclic amines) is 1. The van der Waals surface area contributed by atoms with Crippen molar-refractivity contribution >= 4 is 38.6 Å². The standard InChI is InChI=1S/C22H25ClN4O3S/c1-14(2)26-31(29,30)16-9-10-18(23)17(12-16)22(28)27-11-5-6-15(13-27)21-24-19-7-3-4-8-20(19)25-21/h3-4,7-10,12,14-15,26H,5-6,11,13H2,1-2H3,(H,24,25)/t15-/m1/s1. The van der Waals surface area contributed by atoms with Gasteiger partial charge in [-0.2, -0.15) is 0 Å². The maximum Gasteiger partial charge on any atom is 0.255 e. The zero-order valence-electron chi connectivity index (χ0n) is 17.4. The monoisotopic (exact) mass is 460 g/mol. The third-order valence-electron chi connectivity index (χ3n) is 5.37. The first-order valence-corrected chi connectivity index (χ1v) is 12.2. The number of imidazole rings is 1. The van der Waals surface area contributed by atoms with Crippen LogP contribution >= 0.6 is 11.6 Å². The lowest BCUT2D eigenvalue weighted by atomic mass is 9.96. The molecule has 0 spiro atoms. The molecule has 1 aliphatic heterocycles. The van der Waals surface area contributed by atoms with Gasteiger partial charge in [0.05, 0.1) is 26.5 Å². The third-order valence-corrected chi connectivity index (χ3v) is 7.36. The zero-order chi connectivity index (χ0) is 22.2. The van der Waals surface area contributed by atoms with Gasteiger partial charge in [0, 0.05) is 25.0 Å². The minimum Gasteiger partial charge on any atom is -0.342 e. The molecular formula is C22H25ClN4O3S. The van der Waals surface area contributed by atoms with Crippen molar-refractivity contribution in [2.24, 2.45) is 0 Å². The van der Waals surface area contributed by atoms with Gasteiger partial charge in [0.15, 0.2) is 0 Å². The quantitative estimate of drug-likeness (QED) is 0.603. The summed E-state index contributed by atoms with van der Waals surface area (Å²) in [6.07, 6.45) is 1.75. The highest BCUT2D eigenvalue weighted by Gasteiger charge is 2.29. The van der Waals surface area contributed by atoms with Gasteiger partial charge < -0.3 is 9.88 Å². The molecule has 1 fully saturated rings. The van der Waals surface area contributed by atoms with Gasteiger partial charge in [-0.1, -0.05) is 23.7 Å². The minimum atomic E-state index is -3.73. The van der Waals surface area contributed by atoms with Gasteiger partial charge in [-0.15, -0.1) is 0 Å². The average Bonchev–Trinajstić information content (AvgIpc) is 3.17. The van der Waals surface area contributed by atoms with Gasteiger partial charge in [0.25, 0.3) is 5.91 Å². The minimum absolute atomic E-state index is 0.0276. The highest BCUT2D eigenvalue weighted by atomic mass is 35.5. The Kier molecular flexibility index (Phi) is 6.05. The Bertz CT molecular complexity index is 1190. The number of aromatic amines is 1. The van der Waals surface area contributed by atoms with Crippen LogP contribution in [0.1, 0.15) is 48.8 Å². The molecule has 1 amide bonds. The number of aromatic nitrogens is 2. The molecule has 0 radical (unpaired) electrons. The molecule has 1 aromatic heterocycles. The van der Waals surface area contributed by atoms with Crippen LogP contribution in [-0.4, -0.2) is 48.3 Å². The van der Waals surface area contributed by atoms with Gasteiger partial charge in [-0.25, -0.2) is 18.1 Å². The van der Waals surface area contributed by atoms with E-state index < -0.39 is 10.0 Å². The summed E-state index contributed by atoms with van der Waals surface area (Å²) < 4.78 is 27.6. The van der Waals surface area contributed by atoms with E-state index in [9.17, 15) is 13.2 Å². The number of amides is 1. The summed E-state index contributed by atoms with van der Waals surface area (Å²) in [5, 5.41) is 0.236. The molecule has 2 N–H and O–H groups in total. The predicted octanol–water partition coefficient (Wildman–Crippen LogP) is 3.92. The van der Waals surface area contributed by atoms with Crippen LogP contribution in [0.3, 0.4) is 0 Å². The lowest BCUT2D eigenvalue weighted by Gasteiger charge is -2.32. The van der Waals surface area contributed by atoms with E-state index in [0.29, 0.717) is 13.1 Å². The number of nitrogens with zero attached hydrogens (tertiary/aromatic N) is 2. The second-order valence-electron chi connectivity index (χ2n) is 8.15. The first kappa shape index (κ1) is 21.8. The summed E-state index contributed by atoms with van der Waals surface area (Å²) >= 11 is 6.29. The Morgan fingerprint density at radius 3 is 2.77 bits per heavy atom. The number of benzene rings is 2. The Morgan fingerprint density at radius 2 is 2.03 bits per heavy atom. The van der Waals surface area contributed by atoms with E-state index in [1.807, 2.05) is 24.3 Å². The van der Waals surface area contributed by atoms with Gasteiger partial charge >= 0.3 is 0 Å². The number of H-pyrrole nitrogens is 1. The number of hydrogen-bond acceptors (Lipinski definition) is 4. The Hall–Kier alpha value is -2.42. The van der Waals surface area contributed by atoms with Crippen LogP contribution in [0.5, 0.6) is 0 Å². The predicted molar refractivity (Wildman–Crippen MR) is 121 cm³/mol. The lowest BCUT2D eigenvalue weighted by molar-refractivity contribution is 0.0705. The van der Waals surface area contributed by atoms with Crippen LogP contribution in [0.15, 0.2) is 47.4 Å². The van der Waals surface area contributed by atoms with E-state index in [1.165, 1.54) is 18.2 Å². The van der Waals surface area contributed by atoms with Crippen molar-refractivity contribution in [1.29, 1.82) is 0 Å². The molecule has 0 unspecified atom stereocenters. The van der Waals surface area contributed by atoms with Crippen LogP contribution in [0.4, 0.5) is 0 Å². The summed E-state index contributed by atoms with van der Waals surface area (Å²) in [6, 6.07) is 11.8. The number of piperidine rings is 1. The van der Waals surface area contributed by atoms with E-state index in [0.717, 1.165) is 29.7 Å². The number of carbonyl (C=O) groups excluding carboxylic acids is 1. The summed E-state index contributed by atoms with van der Waals surface area (Å²) in [5.41, 5.74) is 2.07. The van der Waals surface area contributed by atoms with Crippen molar-refractivity contribution in [3.63, 3.8) is 0 Å². The Morgan fingerprint density at radius 1 is 1.26 bits per heavy atom. The van der Waals surface area contributed by atoms with E-state index in [4.69, 9.17) is 11.6 Å². The Labute approximate surface area is 186 Å². The number of para-hydroxylation sites is 2. The van der Waals surface area contributed by atoms with E-state index in [1.54, 1.807) is 18.7 Å². The topological polar surface area (TPSA) is 95.2 Å². The maximum atomic E-state index is 13.3. The fourth-order valence-electron chi connectivity index (χ4n) is 3.93. The van der Waals surface area contributed by atoms with E-state index >= 15 is 0 Å². The SMILES string of the molecule is CC(C)NS(=O)(=O)c1ccc(Cl)c(C(=O)N2CCC[C@@H](c3nc4ccccc4[nH]3)C2)c1. The van der Waals surface area contributed by atoms with Crippen LogP contribution in [0.2, 0.25) is 5.02 Å². The van der Waals surface area contributed by atoms with Gasteiger partial charge in [0.1, 0.15) is 5.82 Å². The zero-order valence-corrected chi connectivity index (χ0v) is 19.0. The first-order valence-electron chi connectivity index (χ1n) is 10.3. The molecule has 7 nitrogen and oxygen atoms in total. The fourth-order valence-corrected chi connectivity index (χ4v) is 5.41. The van der Waals surface area contributed by atoms with Gasteiger partial charge in [0.2, 0.25) is 10.0 Å².